The lowest BCUT2D eigenvalue weighted by atomic mass is 9.98. The number of carbonyl (C=O) groups excluding carboxylic acids is 1. The van der Waals surface area contributed by atoms with Crippen LogP contribution in [0.2, 0.25) is 0 Å². The molecule has 3 heterocycles. The molecule has 0 spiro atoms. The highest BCUT2D eigenvalue weighted by Crippen LogP contribution is 2.28. The van der Waals surface area contributed by atoms with Crippen LogP contribution in [0.25, 0.3) is 5.69 Å². The minimum Gasteiger partial charge on any atom is -0.476 e. The van der Waals surface area contributed by atoms with Crippen LogP contribution in [0.5, 0.6) is 5.88 Å². The zero-order valence-electron chi connectivity index (χ0n) is 23.8. The number of rotatable bonds is 11. The third kappa shape index (κ3) is 8.26. The molecule has 0 aliphatic heterocycles. The van der Waals surface area contributed by atoms with Crippen LogP contribution in [0.3, 0.4) is 0 Å². The molecule has 1 amide bonds. The van der Waals surface area contributed by atoms with Gasteiger partial charge in [-0.2, -0.15) is 5.26 Å². The Labute approximate surface area is 233 Å². The van der Waals surface area contributed by atoms with E-state index in [1.54, 1.807) is 33.0 Å². The fourth-order valence-corrected chi connectivity index (χ4v) is 3.83. The highest BCUT2D eigenvalue weighted by Gasteiger charge is 2.25. The van der Waals surface area contributed by atoms with Crippen LogP contribution in [0.1, 0.15) is 60.5 Å². The van der Waals surface area contributed by atoms with Crippen molar-refractivity contribution in [3.8, 4) is 17.6 Å². The Morgan fingerprint density at radius 1 is 1.23 bits per heavy atom. The number of nitrogens with zero attached hydrogens (tertiary/aromatic N) is 6. The topological polar surface area (TPSA) is 152 Å². The summed E-state index contributed by atoms with van der Waals surface area (Å²) in [5, 5.41) is 26.5. The summed E-state index contributed by atoms with van der Waals surface area (Å²) in [7, 11) is 0. The number of alkyl carbamates (subject to hydrolysis) is 1. The molecule has 0 aromatic carbocycles. The molecule has 0 saturated heterocycles. The highest BCUT2D eigenvalue weighted by atomic mass is 19.1. The van der Waals surface area contributed by atoms with E-state index in [9.17, 15) is 10.1 Å². The first kappa shape index (κ1) is 30.1. The first-order valence-electron chi connectivity index (χ1n) is 13.0. The van der Waals surface area contributed by atoms with E-state index in [1.807, 2.05) is 33.8 Å². The molecule has 0 unspecified atom stereocenters. The van der Waals surface area contributed by atoms with E-state index < -0.39 is 23.6 Å². The molecule has 2 atom stereocenters. The van der Waals surface area contributed by atoms with Gasteiger partial charge in [0.15, 0.2) is 17.5 Å². The first-order chi connectivity index (χ1) is 18.9. The molecule has 3 rings (SSSR count). The number of hydrogen-bond acceptors (Lipinski definition) is 10. The van der Waals surface area contributed by atoms with Gasteiger partial charge in [0.2, 0.25) is 5.88 Å². The van der Waals surface area contributed by atoms with Gasteiger partial charge in [-0.25, -0.2) is 23.8 Å². The summed E-state index contributed by atoms with van der Waals surface area (Å²) in [4.78, 5) is 21.1. The van der Waals surface area contributed by atoms with Gasteiger partial charge in [-0.15, -0.1) is 5.10 Å². The van der Waals surface area contributed by atoms with Crippen molar-refractivity contribution in [1.29, 1.82) is 5.26 Å². The van der Waals surface area contributed by atoms with Crippen molar-refractivity contribution in [1.82, 2.24) is 30.3 Å². The van der Waals surface area contributed by atoms with Crippen LogP contribution in [0, 0.1) is 23.1 Å². The van der Waals surface area contributed by atoms with Crippen LogP contribution in [-0.4, -0.2) is 55.3 Å². The van der Waals surface area contributed by atoms with Crippen LogP contribution in [0.15, 0.2) is 30.7 Å². The van der Waals surface area contributed by atoms with Crippen LogP contribution >= 0.6 is 0 Å². The van der Waals surface area contributed by atoms with Gasteiger partial charge < -0.3 is 25.4 Å². The van der Waals surface area contributed by atoms with Crippen molar-refractivity contribution < 1.29 is 18.7 Å². The molecule has 0 bridgehead atoms. The third-order valence-electron chi connectivity index (χ3n) is 5.54. The highest BCUT2D eigenvalue weighted by molar-refractivity contribution is 5.69. The number of halogens is 1. The van der Waals surface area contributed by atoms with Gasteiger partial charge in [-0.3, -0.25) is 0 Å². The molecule has 214 valence electrons. The number of carbonyl (C=O) groups is 1. The quantitative estimate of drug-likeness (QED) is 0.297. The molecule has 0 aliphatic rings. The number of nitrogens with one attached hydrogen (secondary N) is 3. The lowest BCUT2D eigenvalue weighted by Gasteiger charge is -2.29. The minimum atomic E-state index is -0.701. The van der Waals surface area contributed by atoms with E-state index in [-0.39, 0.29) is 29.2 Å². The van der Waals surface area contributed by atoms with Gasteiger partial charge in [-0.05, 0) is 59.1 Å². The molecule has 0 aliphatic carbocycles. The standard InChI is InChI=1S/C27H36FN9O3/c1-8-39-25-22(37-10-9-31-36-37)13-19(15-30-25)33-23-18(14-29)12-20(28)24(35-23)34-21(11-16(2)3)17(4)32-26(38)40-27(5,6)7/h9-10,12-13,15-17,21H,8,11H2,1-7H3,(H,32,38)(H2,33,34,35)/t17-,21+/m0/s1. The second-order valence-corrected chi connectivity index (χ2v) is 10.6. The second kappa shape index (κ2) is 13.1. The Kier molecular flexibility index (Phi) is 9.82. The van der Waals surface area contributed by atoms with E-state index in [4.69, 9.17) is 9.47 Å². The molecule has 3 aromatic heterocycles. The Morgan fingerprint density at radius 3 is 2.58 bits per heavy atom. The van der Waals surface area contributed by atoms with Crippen molar-refractivity contribution >= 4 is 23.4 Å². The second-order valence-electron chi connectivity index (χ2n) is 10.6. The number of anilines is 3. The largest absolute Gasteiger partial charge is 0.476 e. The molecule has 3 N–H and O–H groups in total. The summed E-state index contributed by atoms with van der Waals surface area (Å²) in [6.45, 7) is 13.4. The first-order valence-corrected chi connectivity index (χ1v) is 13.0. The Balaban J connectivity index is 1.90. The number of aromatic nitrogens is 5. The van der Waals surface area contributed by atoms with Gasteiger partial charge in [-0.1, -0.05) is 19.1 Å². The third-order valence-corrected chi connectivity index (χ3v) is 5.54. The van der Waals surface area contributed by atoms with Crippen molar-refractivity contribution in [3.63, 3.8) is 0 Å². The maximum atomic E-state index is 15.1. The lowest BCUT2D eigenvalue weighted by Crippen LogP contribution is -2.47. The van der Waals surface area contributed by atoms with Crippen molar-refractivity contribution in [2.24, 2.45) is 5.92 Å². The summed E-state index contributed by atoms with van der Waals surface area (Å²) in [6, 6.07) is 3.98. The Morgan fingerprint density at radius 2 is 1.98 bits per heavy atom. The number of nitriles is 1. The summed E-state index contributed by atoms with van der Waals surface area (Å²) in [5.74, 6) is -0.0761. The molecule has 0 saturated carbocycles. The van der Waals surface area contributed by atoms with Gasteiger partial charge in [0.05, 0.1) is 36.4 Å². The number of ether oxygens (including phenoxy) is 2. The van der Waals surface area contributed by atoms with E-state index in [0.29, 0.717) is 30.3 Å². The van der Waals surface area contributed by atoms with E-state index >= 15 is 4.39 Å². The zero-order valence-corrected chi connectivity index (χ0v) is 23.8. The summed E-state index contributed by atoms with van der Waals surface area (Å²) >= 11 is 0. The molecular formula is C27H36FN9O3. The van der Waals surface area contributed by atoms with E-state index in [2.05, 4.69) is 36.2 Å². The van der Waals surface area contributed by atoms with Crippen LogP contribution in [-0.2, 0) is 4.74 Å². The maximum absolute atomic E-state index is 15.1. The average molecular weight is 554 g/mol. The molecule has 0 fully saturated rings. The normalized spacial score (nSPS) is 12.8. The lowest BCUT2D eigenvalue weighted by molar-refractivity contribution is 0.0501. The van der Waals surface area contributed by atoms with E-state index in [1.165, 1.54) is 17.1 Å². The van der Waals surface area contributed by atoms with Gasteiger partial charge in [0.25, 0.3) is 0 Å². The summed E-state index contributed by atoms with van der Waals surface area (Å²) < 4.78 is 27.6. The van der Waals surface area contributed by atoms with E-state index in [0.717, 1.165) is 6.07 Å². The molecule has 40 heavy (non-hydrogen) atoms. The summed E-state index contributed by atoms with van der Waals surface area (Å²) in [6.07, 6.45) is 4.71. The molecular weight excluding hydrogens is 517 g/mol. The minimum absolute atomic E-state index is 0.000390. The predicted molar refractivity (Wildman–Crippen MR) is 148 cm³/mol. The molecule has 0 radical (unpaired) electrons. The van der Waals surface area contributed by atoms with Crippen LogP contribution in [0.4, 0.5) is 26.5 Å². The number of pyridine rings is 2. The number of amides is 1. The van der Waals surface area contributed by atoms with Gasteiger partial charge >= 0.3 is 6.09 Å². The SMILES string of the molecule is CCOc1ncc(Nc2nc(N[C@H](CC(C)C)[C@H](C)NC(=O)OC(C)(C)C)c(F)cc2C#N)cc1-n1ccnn1. The Bertz CT molecular complexity index is 1330. The maximum Gasteiger partial charge on any atom is 0.407 e. The zero-order chi connectivity index (χ0) is 29.4. The monoisotopic (exact) mass is 553 g/mol. The smallest absolute Gasteiger partial charge is 0.407 e. The summed E-state index contributed by atoms with van der Waals surface area (Å²) in [5.41, 5.74) is 0.325. The number of hydrogen-bond donors (Lipinski definition) is 3. The fraction of sp³-hybridized carbons (Fsp3) is 0.481. The van der Waals surface area contributed by atoms with Crippen molar-refractivity contribution in [3.05, 3.63) is 42.1 Å². The molecule has 12 nitrogen and oxygen atoms in total. The molecule has 3 aromatic rings. The molecule has 13 heteroatoms. The Hall–Kier alpha value is -4.47. The van der Waals surface area contributed by atoms with Gasteiger partial charge in [0, 0.05) is 12.1 Å². The van der Waals surface area contributed by atoms with Crippen molar-refractivity contribution in [2.45, 2.75) is 72.6 Å². The van der Waals surface area contributed by atoms with Crippen molar-refractivity contribution in [2.75, 3.05) is 17.2 Å². The average Bonchev–Trinajstić information content (AvgIpc) is 3.39. The fourth-order valence-electron chi connectivity index (χ4n) is 3.83. The van der Waals surface area contributed by atoms with Crippen LogP contribution < -0.4 is 20.7 Å². The van der Waals surface area contributed by atoms with Gasteiger partial charge in [0.1, 0.15) is 17.4 Å². The predicted octanol–water partition coefficient (Wildman–Crippen LogP) is 4.95.